The Morgan fingerprint density at radius 1 is 1.44 bits per heavy atom. The van der Waals surface area contributed by atoms with Crippen molar-refractivity contribution in [1.29, 1.82) is 0 Å². The summed E-state index contributed by atoms with van der Waals surface area (Å²) in [6.45, 7) is 6.10. The SMILES string of the molecule is Cc1ccc(C(C)NCCC(C)O)cc1[N+](=O)[O-]. The lowest BCUT2D eigenvalue weighted by Crippen LogP contribution is -2.22. The molecule has 0 radical (unpaired) electrons. The minimum Gasteiger partial charge on any atom is -0.393 e. The van der Waals surface area contributed by atoms with Gasteiger partial charge in [0.15, 0.2) is 0 Å². The van der Waals surface area contributed by atoms with E-state index in [2.05, 4.69) is 5.32 Å². The van der Waals surface area contributed by atoms with Crippen LogP contribution >= 0.6 is 0 Å². The number of aliphatic hydroxyl groups excluding tert-OH is 1. The van der Waals surface area contributed by atoms with Crippen LogP contribution in [0.3, 0.4) is 0 Å². The first kappa shape index (κ1) is 14.6. The van der Waals surface area contributed by atoms with E-state index in [1.807, 2.05) is 13.0 Å². The number of aryl methyl sites for hydroxylation is 1. The average molecular weight is 252 g/mol. The molecule has 1 aromatic rings. The molecule has 18 heavy (non-hydrogen) atoms. The lowest BCUT2D eigenvalue weighted by Gasteiger charge is -2.15. The minimum absolute atomic E-state index is 0.0306. The number of nitrogens with zero attached hydrogens (tertiary/aromatic N) is 1. The second-order valence-corrected chi connectivity index (χ2v) is 4.62. The van der Waals surface area contributed by atoms with Crippen molar-refractivity contribution in [2.45, 2.75) is 39.3 Å². The molecule has 0 saturated heterocycles. The molecule has 0 heterocycles. The summed E-state index contributed by atoms with van der Waals surface area (Å²) in [5, 5.41) is 23.2. The molecule has 5 heteroatoms. The van der Waals surface area contributed by atoms with Crippen molar-refractivity contribution in [3.63, 3.8) is 0 Å². The lowest BCUT2D eigenvalue weighted by molar-refractivity contribution is -0.385. The summed E-state index contributed by atoms with van der Waals surface area (Å²) in [5.41, 5.74) is 1.70. The van der Waals surface area contributed by atoms with Gasteiger partial charge >= 0.3 is 0 Å². The van der Waals surface area contributed by atoms with Gasteiger partial charge in [0.05, 0.1) is 11.0 Å². The van der Waals surface area contributed by atoms with Crippen molar-refractivity contribution in [3.05, 3.63) is 39.4 Å². The number of nitrogens with one attached hydrogen (secondary N) is 1. The van der Waals surface area contributed by atoms with E-state index in [0.29, 0.717) is 18.5 Å². The van der Waals surface area contributed by atoms with Crippen LogP contribution in [0.4, 0.5) is 5.69 Å². The predicted molar refractivity (Wildman–Crippen MR) is 70.5 cm³/mol. The molecule has 2 atom stereocenters. The maximum atomic E-state index is 10.9. The van der Waals surface area contributed by atoms with Crippen LogP contribution in [0.25, 0.3) is 0 Å². The monoisotopic (exact) mass is 252 g/mol. The predicted octanol–water partition coefficient (Wildman–Crippen LogP) is 2.32. The molecule has 0 aliphatic heterocycles. The van der Waals surface area contributed by atoms with E-state index in [4.69, 9.17) is 5.11 Å². The Morgan fingerprint density at radius 2 is 2.11 bits per heavy atom. The first-order chi connectivity index (χ1) is 8.41. The van der Waals surface area contributed by atoms with E-state index in [-0.39, 0.29) is 22.8 Å². The van der Waals surface area contributed by atoms with Gasteiger partial charge in [0.1, 0.15) is 0 Å². The molecular weight excluding hydrogens is 232 g/mol. The Hall–Kier alpha value is -1.46. The molecule has 1 rings (SSSR count). The van der Waals surface area contributed by atoms with E-state index < -0.39 is 0 Å². The van der Waals surface area contributed by atoms with Gasteiger partial charge < -0.3 is 10.4 Å². The van der Waals surface area contributed by atoms with Crippen LogP contribution in [0.1, 0.15) is 37.4 Å². The maximum absolute atomic E-state index is 10.9. The number of nitro benzene ring substituents is 1. The van der Waals surface area contributed by atoms with Gasteiger partial charge in [-0.2, -0.15) is 0 Å². The first-order valence-corrected chi connectivity index (χ1v) is 6.08. The molecule has 0 bridgehead atoms. The van der Waals surface area contributed by atoms with Gasteiger partial charge in [-0.25, -0.2) is 0 Å². The molecule has 0 amide bonds. The molecule has 100 valence electrons. The highest BCUT2D eigenvalue weighted by Gasteiger charge is 2.14. The zero-order chi connectivity index (χ0) is 13.7. The molecule has 0 fully saturated rings. The zero-order valence-electron chi connectivity index (χ0n) is 11.0. The average Bonchev–Trinajstić information content (AvgIpc) is 2.28. The summed E-state index contributed by atoms with van der Waals surface area (Å²) in [4.78, 5) is 10.5. The van der Waals surface area contributed by atoms with Gasteiger partial charge in [-0.15, -0.1) is 0 Å². The van der Waals surface area contributed by atoms with Gasteiger partial charge in [-0.1, -0.05) is 12.1 Å². The van der Waals surface area contributed by atoms with Crippen molar-refractivity contribution in [1.82, 2.24) is 5.32 Å². The van der Waals surface area contributed by atoms with Crippen LogP contribution in [0.15, 0.2) is 18.2 Å². The van der Waals surface area contributed by atoms with Crippen LogP contribution in [-0.2, 0) is 0 Å². The van der Waals surface area contributed by atoms with Crippen molar-refractivity contribution >= 4 is 5.69 Å². The van der Waals surface area contributed by atoms with Gasteiger partial charge in [0.2, 0.25) is 0 Å². The van der Waals surface area contributed by atoms with Crippen LogP contribution in [0.5, 0.6) is 0 Å². The summed E-state index contributed by atoms with van der Waals surface area (Å²) in [6, 6.07) is 5.29. The van der Waals surface area contributed by atoms with Crippen molar-refractivity contribution in [2.24, 2.45) is 0 Å². The van der Waals surface area contributed by atoms with Crippen molar-refractivity contribution < 1.29 is 10.0 Å². The number of benzene rings is 1. The Balaban J connectivity index is 2.71. The third-order valence-electron chi connectivity index (χ3n) is 2.94. The van der Waals surface area contributed by atoms with Crippen molar-refractivity contribution in [3.8, 4) is 0 Å². The van der Waals surface area contributed by atoms with Gasteiger partial charge in [-0.3, -0.25) is 10.1 Å². The zero-order valence-corrected chi connectivity index (χ0v) is 11.0. The smallest absolute Gasteiger partial charge is 0.272 e. The maximum Gasteiger partial charge on any atom is 0.272 e. The van der Waals surface area contributed by atoms with Gasteiger partial charge in [-0.05, 0) is 39.3 Å². The van der Waals surface area contributed by atoms with Crippen LogP contribution < -0.4 is 5.32 Å². The number of rotatable bonds is 6. The largest absolute Gasteiger partial charge is 0.393 e. The first-order valence-electron chi connectivity index (χ1n) is 6.08. The van der Waals surface area contributed by atoms with Crippen LogP contribution in [0, 0.1) is 17.0 Å². The second-order valence-electron chi connectivity index (χ2n) is 4.62. The number of hydrogen-bond acceptors (Lipinski definition) is 4. The van der Waals surface area contributed by atoms with Crippen LogP contribution in [0.2, 0.25) is 0 Å². The summed E-state index contributed by atoms with van der Waals surface area (Å²) in [7, 11) is 0. The second kappa shape index (κ2) is 6.47. The quantitative estimate of drug-likeness (QED) is 0.602. The van der Waals surface area contributed by atoms with Gasteiger partial charge in [0.25, 0.3) is 5.69 Å². The topological polar surface area (TPSA) is 75.4 Å². The Bertz CT molecular complexity index is 419. The third-order valence-corrected chi connectivity index (χ3v) is 2.94. The van der Waals surface area contributed by atoms with E-state index in [1.165, 1.54) is 0 Å². The van der Waals surface area contributed by atoms with Crippen molar-refractivity contribution in [2.75, 3.05) is 6.54 Å². The summed E-state index contributed by atoms with van der Waals surface area (Å²) < 4.78 is 0. The van der Waals surface area contributed by atoms with E-state index in [0.717, 1.165) is 5.56 Å². The standard InChI is InChI=1S/C13H20N2O3/c1-9-4-5-12(8-13(9)15(17)18)11(3)14-7-6-10(2)16/h4-5,8,10-11,14,16H,6-7H2,1-3H3. The molecule has 5 nitrogen and oxygen atoms in total. The third kappa shape index (κ3) is 4.09. The van der Waals surface area contributed by atoms with E-state index in [1.54, 1.807) is 26.0 Å². The number of hydrogen-bond donors (Lipinski definition) is 2. The molecule has 2 N–H and O–H groups in total. The van der Waals surface area contributed by atoms with E-state index >= 15 is 0 Å². The number of aliphatic hydroxyl groups is 1. The molecule has 0 aliphatic rings. The fraction of sp³-hybridized carbons (Fsp3) is 0.538. The molecular formula is C13H20N2O3. The highest BCUT2D eigenvalue weighted by molar-refractivity contribution is 5.43. The molecule has 0 aliphatic carbocycles. The molecule has 1 aromatic carbocycles. The Labute approximate surface area is 107 Å². The normalized spacial score (nSPS) is 14.2. The summed E-state index contributed by atoms with van der Waals surface area (Å²) in [6.07, 6.45) is 0.329. The summed E-state index contributed by atoms with van der Waals surface area (Å²) >= 11 is 0. The summed E-state index contributed by atoms with van der Waals surface area (Å²) in [5.74, 6) is 0. The highest BCUT2D eigenvalue weighted by atomic mass is 16.6. The number of nitro groups is 1. The Morgan fingerprint density at radius 3 is 2.67 bits per heavy atom. The fourth-order valence-electron chi connectivity index (χ4n) is 1.72. The lowest BCUT2D eigenvalue weighted by atomic mass is 10.0. The molecule has 0 spiro atoms. The Kier molecular flexibility index (Phi) is 5.25. The minimum atomic E-state index is -0.360. The fourth-order valence-corrected chi connectivity index (χ4v) is 1.72. The molecule has 0 aromatic heterocycles. The van der Waals surface area contributed by atoms with E-state index in [9.17, 15) is 10.1 Å². The molecule has 0 saturated carbocycles. The van der Waals surface area contributed by atoms with Crippen LogP contribution in [-0.4, -0.2) is 22.7 Å². The molecule has 2 unspecified atom stereocenters. The van der Waals surface area contributed by atoms with Gasteiger partial charge in [0, 0.05) is 17.7 Å². The highest BCUT2D eigenvalue weighted by Crippen LogP contribution is 2.23.